The van der Waals surface area contributed by atoms with Gasteiger partial charge in [-0.25, -0.2) is 17.2 Å². The van der Waals surface area contributed by atoms with Crippen LogP contribution in [0.5, 0.6) is 0 Å². The van der Waals surface area contributed by atoms with Crippen LogP contribution in [0.15, 0.2) is 23.1 Å². The maximum Gasteiger partial charge on any atom is 0.246 e. The van der Waals surface area contributed by atoms with E-state index in [-0.39, 0.29) is 18.9 Å². The summed E-state index contributed by atoms with van der Waals surface area (Å²) < 4.78 is 51.1. The van der Waals surface area contributed by atoms with Gasteiger partial charge in [0, 0.05) is 12.6 Å². The minimum absolute atomic E-state index is 0.0265. The van der Waals surface area contributed by atoms with Gasteiger partial charge in [-0.3, -0.25) is 5.41 Å². The van der Waals surface area contributed by atoms with Crippen molar-refractivity contribution in [3.05, 3.63) is 29.8 Å². The molecule has 8 heteroatoms. The van der Waals surface area contributed by atoms with Crippen LogP contribution in [0.2, 0.25) is 0 Å². The van der Waals surface area contributed by atoms with Gasteiger partial charge in [-0.05, 0) is 12.1 Å². The molecule has 0 atom stereocenters. The maximum atomic E-state index is 13.4. The molecule has 0 saturated heterocycles. The first-order valence-corrected chi connectivity index (χ1v) is 6.51. The van der Waals surface area contributed by atoms with Gasteiger partial charge in [-0.2, -0.15) is 4.31 Å². The van der Waals surface area contributed by atoms with E-state index in [2.05, 4.69) is 0 Å². The highest BCUT2D eigenvalue weighted by atomic mass is 32.2. The Bertz CT molecular complexity index is 560. The lowest BCUT2D eigenvalue weighted by molar-refractivity contribution is 0.458. The predicted octanol–water partition coefficient (Wildman–Crippen LogP) is 0.911. The Morgan fingerprint density at radius 1 is 1.44 bits per heavy atom. The molecule has 0 aliphatic heterocycles. The summed E-state index contributed by atoms with van der Waals surface area (Å²) in [6.07, 6.45) is 0. The molecule has 0 saturated carbocycles. The van der Waals surface area contributed by atoms with Crippen LogP contribution >= 0.6 is 0 Å². The van der Waals surface area contributed by atoms with Crippen molar-refractivity contribution < 1.29 is 17.2 Å². The molecule has 0 spiro atoms. The number of likely N-dealkylation sites (N-methyl/N-ethyl adjacent to an activating group) is 1. The molecule has 3 N–H and O–H groups in total. The highest BCUT2D eigenvalue weighted by molar-refractivity contribution is 7.89. The average molecular weight is 277 g/mol. The van der Waals surface area contributed by atoms with Crippen molar-refractivity contribution in [3.8, 4) is 0 Å². The number of rotatable bonds is 5. The van der Waals surface area contributed by atoms with E-state index in [1.807, 2.05) is 0 Å². The van der Waals surface area contributed by atoms with E-state index in [1.54, 1.807) is 0 Å². The van der Waals surface area contributed by atoms with Gasteiger partial charge < -0.3 is 5.73 Å². The fourth-order valence-electron chi connectivity index (χ4n) is 1.38. The second kappa shape index (κ2) is 5.40. The zero-order valence-electron chi connectivity index (χ0n) is 9.65. The number of nitrogens with two attached hydrogens (primary N) is 1. The van der Waals surface area contributed by atoms with Crippen molar-refractivity contribution in [3.63, 3.8) is 0 Å². The smallest absolute Gasteiger partial charge is 0.246 e. The molecule has 0 aliphatic rings. The van der Waals surface area contributed by atoms with Crippen LogP contribution in [0.3, 0.4) is 0 Å². The molecule has 0 amide bonds. The molecule has 0 unspecified atom stereocenters. The molecule has 0 heterocycles. The third-order valence-corrected chi connectivity index (χ3v) is 4.17. The van der Waals surface area contributed by atoms with Crippen molar-refractivity contribution >= 4 is 15.9 Å². The average Bonchev–Trinajstić information content (AvgIpc) is 2.24. The molecule has 100 valence electrons. The van der Waals surface area contributed by atoms with Crippen LogP contribution in [0.4, 0.5) is 8.78 Å². The van der Waals surface area contributed by atoms with Gasteiger partial charge in [-0.1, -0.05) is 6.92 Å². The third-order valence-electron chi connectivity index (χ3n) is 2.21. The third kappa shape index (κ3) is 3.02. The molecule has 1 rings (SSSR count). The van der Waals surface area contributed by atoms with E-state index in [9.17, 15) is 17.2 Å². The lowest BCUT2D eigenvalue weighted by atomic mass is 10.3. The van der Waals surface area contributed by atoms with E-state index >= 15 is 0 Å². The quantitative estimate of drug-likeness (QED) is 0.619. The Morgan fingerprint density at radius 2 is 2.06 bits per heavy atom. The molecule has 0 aromatic heterocycles. The molecule has 0 bridgehead atoms. The van der Waals surface area contributed by atoms with Crippen LogP contribution in [0, 0.1) is 17.0 Å². The van der Waals surface area contributed by atoms with Gasteiger partial charge >= 0.3 is 0 Å². The normalized spacial score (nSPS) is 11.8. The summed E-state index contributed by atoms with van der Waals surface area (Å²) in [6.45, 7) is 1.22. The number of hydrogen-bond acceptors (Lipinski definition) is 3. The van der Waals surface area contributed by atoms with E-state index in [0.717, 1.165) is 16.4 Å². The van der Waals surface area contributed by atoms with E-state index in [0.29, 0.717) is 6.07 Å². The van der Waals surface area contributed by atoms with Crippen LogP contribution in [-0.2, 0) is 10.0 Å². The second-order valence-electron chi connectivity index (χ2n) is 3.53. The summed E-state index contributed by atoms with van der Waals surface area (Å²) in [6, 6.07) is 2.20. The van der Waals surface area contributed by atoms with Crippen molar-refractivity contribution in [1.82, 2.24) is 4.31 Å². The number of nitrogens with one attached hydrogen (secondary N) is 1. The lowest BCUT2D eigenvalue weighted by Gasteiger charge is -2.19. The van der Waals surface area contributed by atoms with E-state index in [4.69, 9.17) is 11.1 Å². The molecular formula is C10H13F2N3O2S. The van der Waals surface area contributed by atoms with Crippen molar-refractivity contribution in [2.75, 3.05) is 13.1 Å². The predicted molar refractivity (Wildman–Crippen MR) is 62.7 cm³/mol. The highest BCUT2D eigenvalue weighted by Gasteiger charge is 2.26. The van der Waals surface area contributed by atoms with Crippen molar-refractivity contribution in [2.45, 2.75) is 11.8 Å². The van der Waals surface area contributed by atoms with Crippen LogP contribution in [-0.4, -0.2) is 31.6 Å². The van der Waals surface area contributed by atoms with Crippen LogP contribution in [0.25, 0.3) is 0 Å². The Balaban J connectivity index is 3.23. The maximum absolute atomic E-state index is 13.4. The number of sulfonamides is 1. The number of halogens is 2. The van der Waals surface area contributed by atoms with Gasteiger partial charge in [0.25, 0.3) is 0 Å². The largest absolute Gasteiger partial charge is 0.387 e. The minimum atomic E-state index is -4.12. The van der Waals surface area contributed by atoms with Gasteiger partial charge in [0.15, 0.2) is 0 Å². The minimum Gasteiger partial charge on any atom is -0.387 e. The summed E-state index contributed by atoms with van der Waals surface area (Å²) in [4.78, 5) is -0.632. The first-order valence-electron chi connectivity index (χ1n) is 5.07. The summed E-state index contributed by atoms with van der Waals surface area (Å²) in [5.41, 5.74) is 5.13. The standard InChI is InChI=1S/C10H13F2N3O2S/c1-2-15(6-10(13)14)18(16,17)9-4-3-7(11)5-8(9)12/h3-5H,2,6H2,1H3,(H3,13,14). The van der Waals surface area contributed by atoms with Crippen LogP contribution in [0.1, 0.15) is 6.92 Å². The summed E-state index contributed by atoms with van der Waals surface area (Å²) in [5.74, 6) is -2.39. The van der Waals surface area contributed by atoms with Crippen molar-refractivity contribution in [2.24, 2.45) is 5.73 Å². The molecule has 0 aliphatic carbocycles. The van der Waals surface area contributed by atoms with Gasteiger partial charge in [-0.15, -0.1) is 0 Å². The number of amidine groups is 1. The fourth-order valence-corrected chi connectivity index (χ4v) is 2.85. The molecule has 0 fully saturated rings. The fraction of sp³-hybridized carbons (Fsp3) is 0.300. The van der Waals surface area contributed by atoms with Crippen molar-refractivity contribution in [1.29, 1.82) is 5.41 Å². The Morgan fingerprint density at radius 3 is 2.50 bits per heavy atom. The second-order valence-corrected chi connectivity index (χ2v) is 5.44. The first kappa shape index (κ1) is 14.5. The zero-order chi connectivity index (χ0) is 13.9. The topological polar surface area (TPSA) is 87.2 Å². The summed E-state index contributed by atoms with van der Waals surface area (Å²) in [7, 11) is -4.12. The molecular weight excluding hydrogens is 264 g/mol. The lowest BCUT2D eigenvalue weighted by Crippen LogP contribution is -2.38. The molecule has 1 aromatic carbocycles. The van der Waals surface area contributed by atoms with Gasteiger partial charge in [0.1, 0.15) is 22.4 Å². The summed E-state index contributed by atoms with van der Waals surface area (Å²) >= 11 is 0. The highest BCUT2D eigenvalue weighted by Crippen LogP contribution is 2.19. The number of benzene rings is 1. The zero-order valence-corrected chi connectivity index (χ0v) is 10.5. The number of hydrogen-bond donors (Lipinski definition) is 2. The Kier molecular flexibility index (Phi) is 4.36. The Hall–Kier alpha value is -1.54. The Labute approximate surface area is 104 Å². The number of nitrogens with zero attached hydrogens (tertiary/aromatic N) is 1. The summed E-state index contributed by atoms with van der Waals surface area (Å²) in [5, 5.41) is 7.08. The molecule has 0 radical (unpaired) electrons. The first-order chi connectivity index (χ1) is 8.28. The molecule has 1 aromatic rings. The van der Waals surface area contributed by atoms with Crippen LogP contribution < -0.4 is 5.73 Å². The van der Waals surface area contributed by atoms with E-state index < -0.39 is 26.6 Å². The van der Waals surface area contributed by atoms with E-state index in [1.165, 1.54) is 6.92 Å². The molecule has 18 heavy (non-hydrogen) atoms. The van der Waals surface area contributed by atoms with Gasteiger partial charge in [0.05, 0.1) is 6.54 Å². The monoisotopic (exact) mass is 277 g/mol. The van der Waals surface area contributed by atoms with Gasteiger partial charge in [0.2, 0.25) is 10.0 Å². The SMILES string of the molecule is CCN(CC(=N)N)S(=O)(=O)c1ccc(F)cc1F. The molecule has 5 nitrogen and oxygen atoms in total.